The molecule has 0 spiro atoms. The average Bonchev–Trinajstić information content (AvgIpc) is 2.57. The topological polar surface area (TPSA) is 67.4 Å². The third-order valence-corrected chi connectivity index (χ3v) is 3.93. The van der Waals surface area contributed by atoms with Crippen molar-refractivity contribution in [3.8, 4) is 5.75 Å². The summed E-state index contributed by atoms with van der Waals surface area (Å²) in [7, 11) is 0. The van der Waals surface area contributed by atoms with Crippen LogP contribution in [0.15, 0.2) is 48.5 Å². The summed E-state index contributed by atoms with van der Waals surface area (Å²) >= 11 is 0. The number of carbonyl (C=O) groups excluding carboxylic acids is 2. The van der Waals surface area contributed by atoms with Crippen LogP contribution in [0.25, 0.3) is 0 Å². The highest BCUT2D eigenvalue weighted by Gasteiger charge is 2.29. The summed E-state index contributed by atoms with van der Waals surface area (Å²) in [5, 5.41) is 5.60. The van der Waals surface area contributed by atoms with Crippen molar-refractivity contribution in [1.82, 2.24) is 5.32 Å². The molecule has 0 fully saturated rings. The van der Waals surface area contributed by atoms with E-state index in [2.05, 4.69) is 34.9 Å². The van der Waals surface area contributed by atoms with Crippen molar-refractivity contribution in [2.24, 2.45) is 0 Å². The lowest BCUT2D eigenvalue weighted by Gasteiger charge is -2.25. The fourth-order valence-corrected chi connectivity index (χ4v) is 2.57. The maximum absolute atomic E-state index is 12.0. The summed E-state index contributed by atoms with van der Waals surface area (Å²) in [6, 6.07) is 15.4. The number of aryl methyl sites for hydroxylation is 1. The summed E-state index contributed by atoms with van der Waals surface area (Å²) < 4.78 is 5.62. The van der Waals surface area contributed by atoms with Crippen molar-refractivity contribution in [2.75, 3.05) is 11.9 Å². The van der Waals surface area contributed by atoms with E-state index in [1.165, 1.54) is 11.1 Å². The van der Waals surface area contributed by atoms with Crippen molar-refractivity contribution < 1.29 is 14.3 Å². The third-order valence-electron chi connectivity index (χ3n) is 3.93. The van der Waals surface area contributed by atoms with Gasteiger partial charge in [-0.1, -0.05) is 42.0 Å². The molecule has 1 aliphatic heterocycles. The zero-order valence-corrected chi connectivity index (χ0v) is 13.5. The molecule has 0 saturated carbocycles. The maximum Gasteiger partial charge on any atom is 0.266 e. The van der Waals surface area contributed by atoms with Gasteiger partial charge >= 0.3 is 0 Å². The average molecular weight is 324 g/mol. The Morgan fingerprint density at radius 3 is 2.71 bits per heavy atom. The fourth-order valence-electron chi connectivity index (χ4n) is 2.57. The molecule has 2 aromatic carbocycles. The number of nitrogens with one attached hydrogen (secondary N) is 2. The Hall–Kier alpha value is -2.82. The standard InChI is InChI=1S/C19H20N2O3/c1-13-6-8-14(9-7-13)10-11-20-18(22)12-17-19(23)21-15-4-2-3-5-16(15)24-17/h2-9,17H,10-12H2,1H3,(H,20,22)(H,21,23). The van der Waals surface area contributed by atoms with Gasteiger partial charge in [-0.15, -0.1) is 0 Å². The first-order valence-corrected chi connectivity index (χ1v) is 8.00. The molecule has 0 radical (unpaired) electrons. The molecular weight excluding hydrogens is 304 g/mol. The van der Waals surface area contributed by atoms with Crippen LogP contribution in [0.1, 0.15) is 17.5 Å². The largest absolute Gasteiger partial charge is 0.478 e. The molecule has 124 valence electrons. The molecule has 0 aromatic heterocycles. The molecule has 1 heterocycles. The number of fused-ring (bicyclic) bond motifs is 1. The second-order valence-electron chi connectivity index (χ2n) is 5.88. The van der Waals surface area contributed by atoms with Crippen LogP contribution in [0, 0.1) is 6.92 Å². The minimum Gasteiger partial charge on any atom is -0.478 e. The summed E-state index contributed by atoms with van der Waals surface area (Å²) in [4.78, 5) is 24.0. The van der Waals surface area contributed by atoms with Gasteiger partial charge in [-0.05, 0) is 31.0 Å². The van der Waals surface area contributed by atoms with E-state index < -0.39 is 6.10 Å². The van der Waals surface area contributed by atoms with Crippen LogP contribution in [-0.4, -0.2) is 24.5 Å². The Balaban J connectivity index is 1.48. The first kappa shape index (κ1) is 16.1. The van der Waals surface area contributed by atoms with Gasteiger partial charge in [-0.25, -0.2) is 0 Å². The van der Waals surface area contributed by atoms with Crippen LogP contribution in [0.2, 0.25) is 0 Å². The van der Waals surface area contributed by atoms with E-state index in [-0.39, 0.29) is 18.2 Å². The Labute approximate surface area is 141 Å². The minimum atomic E-state index is -0.792. The highest BCUT2D eigenvalue weighted by Crippen LogP contribution is 2.29. The highest BCUT2D eigenvalue weighted by atomic mass is 16.5. The molecule has 1 unspecified atom stereocenters. The Morgan fingerprint density at radius 1 is 1.17 bits per heavy atom. The molecule has 0 aliphatic carbocycles. The SMILES string of the molecule is Cc1ccc(CCNC(=O)CC2Oc3ccccc3NC2=O)cc1. The quantitative estimate of drug-likeness (QED) is 0.888. The van der Waals surface area contributed by atoms with Crippen LogP contribution < -0.4 is 15.4 Å². The fraction of sp³-hybridized carbons (Fsp3) is 0.263. The van der Waals surface area contributed by atoms with Gasteiger partial charge in [0.15, 0.2) is 6.10 Å². The lowest BCUT2D eigenvalue weighted by molar-refractivity contribution is -0.130. The van der Waals surface area contributed by atoms with E-state index in [9.17, 15) is 9.59 Å². The number of hydrogen-bond acceptors (Lipinski definition) is 3. The van der Waals surface area contributed by atoms with Gasteiger partial charge in [0.05, 0.1) is 12.1 Å². The second-order valence-corrected chi connectivity index (χ2v) is 5.88. The molecule has 3 rings (SSSR count). The van der Waals surface area contributed by atoms with Crippen molar-refractivity contribution in [1.29, 1.82) is 0 Å². The van der Waals surface area contributed by atoms with E-state index in [0.29, 0.717) is 18.0 Å². The molecular formula is C19H20N2O3. The van der Waals surface area contributed by atoms with Crippen molar-refractivity contribution in [3.05, 3.63) is 59.7 Å². The predicted molar refractivity (Wildman–Crippen MR) is 92.0 cm³/mol. The maximum atomic E-state index is 12.0. The third kappa shape index (κ3) is 3.93. The number of rotatable bonds is 5. The van der Waals surface area contributed by atoms with Crippen LogP contribution in [-0.2, 0) is 16.0 Å². The molecule has 1 atom stereocenters. The van der Waals surface area contributed by atoms with Gasteiger partial charge in [0.25, 0.3) is 5.91 Å². The molecule has 1 aliphatic rings. The lowest BCUT2D eigenvalue weighted by Crippen LogP contribution is -2.41. The molecule has 5 nitrogen and oxygen atoms in total. The molecule has 2 amide bonds. The second kappa shape index (κ2) is 7.17. The summed E-state index contributed by atoms with van der Waals surface area (Å²) in [6.45, 7) is 2.58. The Morgan fingerprint density at radius 2 is 1.92 bits per heavy atom. The van der Waals surface area contributed by atoms with Gasteiger partial charge in [-0.2, -0.15) is 0 Å². The van der Waals surface area contributed by atoms with Gasteiger partial charge in [-0.3, -0.25) is 9.59 Å². The molecule has 5 heteroatoms. The first-order chi connectivity index (χ1) is 11.6. The number of carbonyl (C=O) groups is 2. The van der Waals surface area contributed by atoms with Gasteiger partial charge in [0.2, 0.25) is 5.91 Å². The van der Waals surface area contributed by atoms with E-state index in [1.54, 1.807) is 12.1 Å². The van der Waals surface area contributed by atoms with Crippen LogP contribution in [0.4, 0.5) is 5.69 Å². The van der Waals surface area contributed by atoms with Crippen molar-refractivity contribution >= 4 is 17.5 Å². The number of anilines is 1. The normalized spacial score (nSPS) is 15.9. The van der Waals surface area contributed by atoms with Gasteiger partial charge in [0, 0.05) is 6.54 Å². The molecule has 2 aromatic rings. The zero-order chi connectivity index (χ0) is 16.9. The zero-order valence-electron chi connectivity index (χ0n) is 13.5. The lowest BCUT2D eigenvalue weighted by atomic mass is 10.1. The molecule has 24 heavy (non-hydrogen) atoms. The van der Waals surface area contributed by atoms with E-state index in [4.69, 9.17) is 4.74 Å². The number of amides is 2. The monoisotopic (exact) mass is 324 g/mol. The summed E-state index contributed by atoms with van der Waals surface area (Å²) in [5.41, 5.74) is 3.02. The molecule has 0 bridgehead atoms. The van der Waals surface area contributed by atoms with Crippen LogP contribution in [0.5, 0.6) is 5.75 Å². The summed E-state index contributed by atoms with van der Waals surface area (Å²) in [5.74, 6) is 0.110. The number of ether oxygens (including phenoxy) is 1. The predicted octanol–water partition coefficient (Wildman–Crippen LogP) is 2.44. The minimum absolute atomic E-state index is 0.00800. The van der Waals surface area contributed by atoms with E-state index in [0.717, 1.165) is 6.42 Å². The van der Waals surface area contributed by atoms with Crippen molar-refractivity contribution in [3.63, 3.8) is 0 Å². The number of para-hydroxylation sites is 2. The Kier molecular flexibility index (Phi) is 4.79. The van der Waals surface area contributed by atoms with E-state index in [1.807, 2.05) is 19.1 Å². The highest BCUT2D eigenvalue weighted by molar-refractivity contribution is 5.99. The smallest absolute Gasteiger partial charge is 0.266 e. The van der Waals surface area contributed by atoms with Gasteiger partial charge in [0.1, 0.15) is 5.75 Å². The van der Waals surface area contributed by atoms with Crippen LogP contribution >= 0.6 is 0 Å². The number of benzene rings is 2. The Bertz CT molecular complexity index is 741. The van der Waals surface area contributed by atoms with Crippen LogP contribution in [0.3, 0.4) is 0 Å². The molecule has 2 N–H and O–H groups in total. The van der Waals surface area contributed by atoms with E-state index >= 15 is 0 Å². The number of hydrogen-bond donors (Lipinski definition) is 2. The first-order valence-electron chi connectivity index (χ1n) is 8.00. The van der Waals surface area contributed by atoms with Gasteiger partial charge < -0.3 is 15.4 Å². The molecule has 0 saturated heterocycles. The summed E-state index contributed by atoms with van der Waals surface area (Å²) in [6.07, 6.45) is -0.0278. The van der Waals surface area contributed by atoms with Crippen molar-refractivity contribution in [2.45, 2.75) is 25.9 Å².